The van der Waals surface area contributed by atoms with E-state index in [0.29, 0.717) is 4.83 Å². The first-order valence-electron chi connectivity index (χ1n) is 2.06. The number of rotatable bonds is 0. The summed E-state index contributed by atoms with van der Waals surface area (Å²) < 4.78 is 0. The van der Waals surface area contributed by atoms with E-state index in [0.717, 1.165) is 6.42 Å². The van der Waals surface area contributed by atoms with E-state index in [4.69, 9.17) is 5.73 Å². The van der Waals surface area contributed by atoms with E-state index in [-0.39, 0.29) is 5.54 Å². The zero-order chi connectivity index (χ0) is 4.78. The molecule has 6 heavy (non-hydrogen) atoms. The van der Waals surface area contributed by atoms with E-state index < -0.39 is 0 Å². The molecule has 1 nitrogen and oxygen atoms in total. The average Bonchev–Trinajstić information content (AvgIpc) is 1.73. The van der Waals surface area contributed by atoms with Crippen molar-refractivity contribution < 1.29 is 0 Å². The first-order chi connectivity index (χ1) is 2.63. The summed E-state index contributed by atoms with van der Waals surface area (Å²) in [7, 11) is 0. The summed E-state index contributed by atoms with van der Waals surface area (Å²) in [5, 5.41) is 0. The highest BCUT2D eigenvalue weighted by Gasteiger charge is 2.44. The first-order valence-corrected chi connectivity index (χ1v) is 2.97. The van der Waals surface area contributed by atoms with Crippen LogP contribution in [-0.4, -0.2) is 10.4 Å². The molecule has 0 aliphatic heterocycles. The van der Waals surface area contributed by atoms with Gasteiger partial charge in [0, 0.05) is 10.4 Å². The molecule has 1 rings (SSSR count). The van der Waals surface area contributed by atoms with Gasteiger partial charge < -0.3 is 5.73 Å². The van der Waals surface area contributed by atoms with Crippen LogP contribution in [0.2, 0.25) is 0 Å². The quantitative estimate of drug-likeness (QED) is 0.509. The van der Waals surface area contributed by atoms with Crippen LogP contribution in [0.15, 0.2) is 0 Å². The van der Waals surface area contributed by atoms with Crippen LogP contribution < -0.4 is 5.73 Å². The van der Waals surface area contributed by atoms with Gasteiger partial charge in [0.05, 0.1) is 0 Å². The van der Waals surface area contributed by atoms with Gasteiger partial charge in [0.2, 0.25) is 0 Å². The molecule has 1 aliphatic rings. The molecule has 1 aliphatic carbocycles. The molecule has 0 radical (unpaired) electrons. The van der Waals surface area contributed by atoms with Gasteiger partial charge in [-0.1, -0.05) is 15.9 Å². The summed E-state index contributed by atoms with van der Waals surface area (Å²) in [6.45, 7) is 2.05. The molecule has 0 aromatic rings. The molecule has 1 fully saturated rings. The standard InChI is InChI=1S/C4H8BrN/c1-4(6)2-3(4)5/h3H,2,6H2,1H3. The zero-order valence-electron chi connectivity index (χ0n) is 3.74. The van der Waals surface area contributed by atoms with E-state index in [1.165, 1.54) is 0 Å². The molecule has 2 heteroatoms. The first kappa shape index (κ1) is 4.60. The Bertz CT molecular complexity index is 69.9. The summed E-state index contributed by atoms with van der Waals surface area (Å²) in [5.74, 6) is 0. The Balaban J connectivity index is 2.41. The van der Waals surface area contributed by atoms with Crippen molar-refractivity contribution in [2.24, 2.45) is 5.73 Å². The molecule has 2 unspecified atom stereocenters. The average molecular weight is 150 g/mol. The largest absolute Gasteiger partial charge is 0.324 e. The molecule has 1 saturated carbocycles. The van der Waals surface area contributed by atoms with Crippen molar-refractivity contribution in [1.29, 1.82) is 0 Å². The van der Waals surface area contributed by atoms with E-state index >= 15 is 0 Å². The Morgan fingerprint density at radius 2 is 2.17 bits per heavy atom. The van der Waals surface area contributed by atoms with Crippen LogP contribution in [0.4, 0.5) is 0 Å². The minimum atomic E-state index is 0.125. The topological polar surface area (TPSA) is 26.0 Å². The SMILES string of the molecule is CC1(N)CC1Br. The predicted octanol–water partition coefficient (Wildman–Crippen LogP) is 0.871. The maximum Gasteiger partial charge on any atom is 0.0341 e. The summed E-state index contributed by atoms with van der Waals surface area (Å²) >= 11 is 3.38. The number of hydrogen-bond donors (Lipinski definition) is 1. The molecule has 0 bridgehead atoms. The molecule has 2 atom stereocenters. The highest BCUT2D eigenvalue weighted by Crippen LogP contribution is 2.39. The van der Waals surface area contributed by atoms with Crippen LogP contribution >= 0.6 is 15.9 Å². The second-order valence-corrected chi connectivity index (χ2v) is 3.28. The fourth-order valence-corrected chi connectivity index (χ4v) is 1.02. The molecular weight excluding hydrogens is 142 g/mol. The highest BCUT2D eigenvalue weighted by atomic mass is 79.9. The Morgan fingerprint density at radius 3 is 2.17 bits per heavy atom. The van der Waals surface area contributed by atoms with Gasteiger partial charge in [0.15, 0.2) is 0 Å². The van der Waals surface area contributed by atoms with Crippen LogP contribution in [0, 0.1) is 0 Å². The van der Waals surface area contributed by atoms with Crippen molar-refractivity contribution in [2.75, 3.05) is 0 Å². The van der Waals surface area contributed by atoms with Gasteiger partial charge in [-0.3, -0.25) is 0 Å². The van der Waals surface area contributed by atoms with E-state index in [9.17, 15) is 0 Å². The highest BCUT2D eigenvalue weighted by molar-refractivity contribution is 9.09. The van der Waals surface area contributed by atoms with Crippen molar-refractivity contribution in [2.45, 2.75) is 23.7 Å². The normalized spacial score (nSPS) is 55.5. The number of alkyl halides is 1. The lowest BCUT2D eigenvalue weighted by atomic mass is 10.4. The number of halogens is 1. The second-order valence-electron chi connectivity index (χ2n) is 2.18. The van der Waals surface area contributed by atoms with Crippen molar-refractivity contribution in [3.05, 3.63) is 0 Å². The van der Waals surface area contributed by atoms with Crippen LogP contribution in [0.25, 0.3) is 0 Å². The monoisotopic (exact) mass is 149 g/mol. The second kappa shape index (κ2) is 0.984. The Morgan fingerprint density at radius 1 is 2.00 bits per heavy atom. The van der Waals surface area contributed by atoms with Crippen molar-refractivity contribution in [3.63, 3.8) is 0 Å². The number of nitrogens with two attached hydrogens (primary N) is 1. The molecule has 36 valence electrons. The molecule has 0 aromatic heterocycles. The van der Waals surface area contributed by atoms with Crippen LogP contribution in [0.1, 0.15) is 13.3 Å². The lowest BCUT2D eigenvalue weighted by Gasteiger charge is -1.92. The molecule has 0 heterocycles. The fourth-order valence-electron chi connectivity index (χ4n) is 0.327. The predicted molar refractivity (Wildman–Crippen MR) is 29.9 cm³/mol. The van der Waals surface area contributed by atoms with Crippen molar-refractivity contribution >= 4 is 15.9 Å². The summed E-state index contributed by atoms with van der Waals surface area (Å²) in [4.78, 5) is 0.588. The third-order valence-corrected chi connectivity index (χ3v) is 2.54. The molecular formula is C4H8BrN. The van der Waals surface area contributed by atoms with Gasteiger partial charge in [-0.25, -0.2) is 0 Å². The lowest BCUT2D eigenvalue weighted by molar-refractivity contribution is 0.769. The van der Waals surface area contributed by atoms with Crippen LogP contribution in [-0.2, 0) is 0 Å². The lowest BCUT2D eigenvalue weighted by Crippen LogP contribution is -2.19. The maximum atomic E-state index is 5.56. The molecule has 0 amide bonds. The smallest absolute Gasteiger partial charge is 0.0341 e. The molecule has 0 aromatic carbocycles. The summed E-state index contributed by atoms with van der Waals surface area (Å²) in [6.07, 6.45) is 1.13. The zero-order valence-corrected chi connectivity index (χ0v) is 5.33. The van der Waals surface area contributed by atoms with Crippen LogP contribution in [0.5, 0.6) is 0 Å². The van der Waals surface area contributed by atoms with Gasteiger partial charge in [-0.2, -0.15) is 0 Å². The van der Waals surface area contributed by atoms with Crippen molar-refractivity contribution in [3.8, 4) is 0 Å². The Kier molecular flexibility index (Phi) is 0.754. The third-order valence-electron chi connectivity index (χ3n) is 1.17. The van der Waals surface area contributed by atoms with Crippen LogP contribution in [0.3, 0.4) is 0 Å². The van der Waals surface area contributed by atoms with Gasteiger partial charge in [0.25, 0.3) is 0 Å². The summed E-state index contributed by atoms with van der Waals surface area (Å²) in [5.41, 5.74) is 5.69. The maximum absolute atomic E-state index is 5.56. The van der Waals surface area contributed by atoms with E-state index in [1.807, 2.05) is 6.92 Å². The van der Waals surface area contributed by atoms with Gasteiger partial charge in [-0.05, 0) is 13.3 Å². The molecule has 2 N–H and O–H groups in total. The summed E-state index contributed by atoms with van der Waals surface area (Å²) in [6, 6.07) is 0. The Labute approximate surface area is 46.0 Å². The van der Waals surface area contributed by atoms with Gasteiger partial charge in [-0.15, -0.1) is 0 Å². The fraction of sp³-hybridized carbons (Fsp3) is 1.00. The van der Waals surface area contributed by atoms with E-state index in [2.05, 4.69) is 15.9 Å². The minimum absolute atomic E-state index is 0.125. The molecule has 0 spiro atoms. The van der Waals surface area contributed by atoms with E-state index in [1.54, 1.807) is 0 Å². The third kappa shape index (κ3) is 0.590. The van der Waals surface area contributed by atoms with Gasteiger partial charge in [0.1, 0.15) is 0 Å². The van der Waals surface area contributed by atoms with Crippen molar-refractivity contribution in [1.82, 2.24) is 0 Å². The number of hydrogen-bond acceptors (Lipinski definition) is 1. The van der Waals surface area contributed by atoms with Gasteiger partial charge >= 0.3 is 0 Å². The Hall–Kier alpha value is 0.440. The molecule has 0 saturated heterocycles. The minimum Gasteiger partial charge on any atom is -0.324 e.